The molecule has 7 heteroatoms. The summed E-state index contributed by atoms with van der Waals surface area (Å²) in [5.74, 6) is 0.502. The van der Waals surface area contributed by atoms with Crippen molar-refractivity contribution in [2.45, 2.75) is 42.1 Å². The van der Waals surface area contributed by atoms with Crippen LogP contribution in [0.15, 0.2) is 70.7 Å². The summed E-state index contributed by atoms with van der Waals surface area (Å²) < 4.78 is 0. The molecule has 1 aliphatic heterocycles. The molecule has 1 fully saturated rings. The lowest BCUT2D eigenvalue weighted by atomic mass is 9.86. The van der Waals surface area contributed by atoms with Gasteiger partial charge in [-0.3, -0.25) is 9.69 Å². The summed E-state index contributed by atoms with van der Waals surface area (Å²) in [4.78, 5) is 20.1. The van der Waals surface area contributed by atoms with Gasteiger partial charge in [-0.25, -0.2) is 4.98 Å². The Morgan fingerprint density at radius 2 is 1.94 bits per heavy atom. The Bertz CT molecular complexity index is 1110. The van der Waals surface area contributed by atoms with Gasteiger partial charge in [0.1, 0.15) is 5.03 Å². The van der Waals surface area contributed by atoms with Crippen molar-refractivity contribution in [1.82, 2.24) is 15.2 Å². The number of aryl methyl sites for hydroxylation is 1. The van der Waals surface area contributed by atoms with Gasteiger partial charge in [0.05, 0.1) is 11.6 Å². The second kappa shape index (κ2) is 11.8. The molecule has 2 aromatic carbocycles. The molecular weight excluding hydrogens is 464 g/mol. The lowest BCUT2D eigenvalue weighted by Gasteiger charge is -2.33. The molecule has 1 aromatic heterocycles. The van der Waals surface area contributed by atoms with Crippen LogP contribution in [0.1, 0.15) is 35.4 Å². The predicted molar refractivity (Wildman–Crippen MR) is 141 cm³/mol. The number of hydrogen-bond donors (Lipinski definition) is 2. The minimum absolute atomic E-state index is 0.0167. The monoisotopic (exact) mass is 494 g/mol. The second-order valence-corrected chi connectivity index (χ2v) is 10.2. The fourth-order valence-electron chi connectivity index (χ4n) is 4.39. The molecule has 1 aliphatic rings. The molecule has 0 unspecified atom stereocenters. The largest absolute Gasteiger partial charge is 0.325 e. The average molecular weight is 495 g/mol. The number of rotatable bonds is 8. The van der Waals surface area contributed by atoms with E-state index in [0.29, 0.717) is 12.5 Å². The van der Waals surface area contributed by atoms with E-state index >= 15 is 0 Å². The summed E-state index contributed by atoms with van der Waals surface area (Å²) in [6.07, 6.45) is 4.21. The van der Waals surface area contributed by atoms with Crippen LogP contribution < -0.4 is 10.6 Å². The van der Waals surface area contributed by atoms with Crippen molar-refractivity contribution in [2.24, 2.45) is 0 Å². The van der Waals surface area contributed by atoms with Gasteiger partial charge in [0.25, 0.3) is 0 Å². The van der Waals surface area contributed by atoms with E-state index in [-0.39, 0.29) is 5.91 Å². The van der Waals surface area contributed by atoms with Crippen molar-refractivity contribution >= 4 is 35.0 Å². The normalized spacial score (nSPS) is 14.8. The maximum Gasteiger partial charge on any atom is 0.238 e. The molecule has 4 rings (SSSR count). The van der Waals surface area contributed by atoms with E-state index < -0.39 is 0 Å². The molecule has 5 nitrogen and oxygen atoms in total. The van der Waals surface area contributed by atoms with Gasteiger partial charge >= 0.3 is 0 Å². The molecular formula is C27H31ClN4OS. The zero-order chi connectivity index (χ0) is 23.9. The summed E-state index contributed by atoms with van der Waals surface area (Å²) in [5, 5.41) is 7.58. The minimum atomic E-state index is -0.0167. The lowest BCUT2D eigenvalue weighted by molar-refractivity contribution is -0.115. The first kappa shape index (κ1) is 24.7. The van der Waals surface area contributed by atoms with Crippen LogP contribution in [0.3, 0.4) is 0 Å². The molecule has 1 saturated heterocycles. The molecule has 3 aromatic rings. The molecule has 178 valence electrons. The maximum absolute atomic E-state index is 11.9. The van der Waals surface area contributed by atoms with E-state index in [0.717, 1.165) is 53.1 Å². The van der Waals surface area contributed by atoms with Gasteiger partial charge in [-0.05, 0) is 92.8 Å². The molecule has 1 amide bonds. The molecule has 0 aliphatic carbocycles. The quantitative estimate of drug-likeness (QED) is 0.418. The van der Waals surface area contributed by atoms with Gasteiger partial charge in [0, 0.05) is 23.3 Å². The maximum atomic E-state index is 11.9. The third-order valence-corrected chi connectivity index (χ3v) is 7.65. The Kier molecular flexibility index (Phi) is 8.62. The minimum Gasteiger partial charge on any atom is -0.325 e. The number of amides is 1. The first-order valence-corrected chi connectivity index (χ1v) is 12.9. The van der Waals surface area contributed by atoms with Gasteiger partial charge in [0.2, 0.25) is 5.91 Å². The van der Waals surface area contributed by atoms with Gasteiger partial charge in [-0.2, -0.15) is 0 Å². The van der Waals surface area contributed by atoms with Crippen LogP contribution in [-0.4, -0.2) is 42.5 Å². The summed E-state index contributed by atoms with van der Waals surface area (Å²) in [6.45, 7) is 5.49. The van der Waals surface area contributed by atoms with Crippen LogP contribution in [0.4, 0.5) is 5.69 Å². The number of carbonyl (C=O) groups excluding carboxylic acids is 1. The zero-order valence-corrected chi connectivity index (χ0v) is 21.3. The fraction of sp³-hybridized carbons (Fsp3) is 0.333. The Hall–Kier alpha value is -2.38. The number of aromatic nitrogens is 1. The number of nitrogens with zero attached hydrogens (tertiary/aromatic N) is 2. The van der Waals surface area contributed by atoms with Crippen LogP contribution in [0.2, 0.25) is 5.02 Å². The molecule has 34 heavy (non-hydrogen) atoms. The van der Waals surface area contributed by atoms with E-state index in [2.05, 4.69) is 51.7 Å². The first-order chi connectivity index (χ1) is 16.5. The Morgan fingerprint density at radius 1 is 1.15 bits per heavy atom. The van der Waals surface area contributed by atoms with Gasteiger partial charge in [0.15, 0.2) is 0 Å². The molecule has 0 atom stereocenters. The number of piperidine rings is 1. The van der Waals surface area contributed by atoms with Gasteiger partial charge < -0.3 is 10.6 Å². The SMILES string of the molecule is CNCC(=O)Nc1ccc(C)c(C2CCN(Cc3ccc(Sc4ccccc4Cl)nc3)CC2)c1. The second-order valence-electron chi connectivity index (χ2n) is 8.74. The Morgan fingerprint density at radius 3 is 2.65 bits per heavy atom. The molecule has 0 saturated carbocycles. The summed E-state index contributed by atoms with van der Waals surface area (Å²) >= 11 is 7.86. The highest BCUT2D eigenvalue weighted by Gasteiger charge is 2.22. The number of halogens is 1. The highest BCUT2D eigenvalue weighted by atomic mass is 35.5. The number of benzene rings is 2. The molecule has 2 N–H and O–H groups in total. The average Bonchev–Trinajstić information content (AvgIpc) is 2.84. The van der Waals surface area contributed by atoms with Crippen LogP contribution in [-0.2, 0) is 11.3 Å². The fourth-order valence-corrected chi connectivity index (χ4v) is 5.42. The van der Waals surface area contributed by atoms with Crippen molar-refractivity contribution in [1.29, 1.82) is 0 Å². The van der Waals surface area contributed by atoms with Crippen molar-refractivity contribution in [2.75, 3.05) is 32.0 Å². The van der Waals surface area contributed by atoms with E-state index in [1.54, 1.807) is 18.8 Å². The Labute approximate surface area is 211 Å². The number of nitrogens with one attached hydrogen (secondary N) is 2. The highest BCUT2D eigenvalue weighted by Crippen LogP contribution is 2.33. The number of anilines is 1. The van der Waals surface area contributed by atoms with Crippen molar-refractivity contribution in [3.63, 3.8) is 0 Å². The van der Waals surface area contributed by atoms with Crippen LogP contribution in [0.25, 0.3) is 0 Å². The summed E-state index contributed by atoms with van der Waals surface area (Å²) in [5.41, 5.74) is 4.75. The van der Waals surface area contributed by atoms with Crippen LogP contribution in [0, 0.1) is 6.92 Å². The van der Waals surface area contributed by atoms with E-state index in [1.165, 1.54) is 16.7 Å². The number of hydrogen-bond acceptors (Lipinski definition) is 5. The van der Waals surface area contributed by atoms with Crippen LogP contribution in [0.5, 0.6) is 0 Å². The first-order valence-electron chi connectivity index (χ1n) is 11.7. The van der Waals surface area contributed by atoms with Crippen molar-refractivity contribution in [3.05, 3.63) is 82.5 Å². The molecule has 0 spiro atoms. The highest BCUT2D eigenvalue weighted by molar-refractivity contribution is 7.99. The summed E-state index contributed by atoms with van der Waals surface area (Å²) in [6, 6.07) is 18.3. The third kappa shape index (κ3) is 6.60. The number of likely N-dealkylation sites (N-methyl/N-ethyl adjacent to an activating group) is 1. The smallest absolute Gasteiger partial charge is 0.238 e. The van der Waals surface area contributed by atoms with E-state index in [4.69, 9.17) is 11.6 Å². The van der Waals surface area contributed by atoms with E-state index in [1.807, 2.05) is 36.5 Å². The van der Waals surface area contributed by atoms with Gasteiger partial charge in [-0.15, -0.1) is 0 Å². The number of pyridine rings is 1. The summed E-state index contributed by atoms with van der Waals surface area (Å²) in [7, 11) is 1.78. The standard InChI is InChI=1S/C27H31ClN4OS/c1-19-7-9-22(31-26(33)17-29-2)15-23(19)21-11-13-32(14-12-21)18-20-8-10-27(30-16-20)34-25-6-4-3-5-24(25)28/h3-10,15-16,21,29H,11-14,17-18H2,1-2H3,(H,31,33). The zero-order valence-electron chi connectivity index (χ0n) is 19.7. The Balaban J connectivity index is 1.31. The van der Waals surface area contributed by atoms with Gasteiger partial charge in [-0.1, -0.05) is 47.6 Å². The third-order valence-electron chi connectivity index (χ3n) is 6.18. The van der Waals surface area contributed by atoms with E-state index in [9.17, 15) is 4.79 Å². The number of likely N-dealkylation sites (tertiary alicyclic amines) is 1. The van der Waals surface area contributed by atoms with Crippen molar-refractivity contribution < 1.29 is 4.79 Å². The molecule has 0 radical (unpaired) electrons. The molecule has 2 heterocycles. The van der Waals surface area contributed by atoms with Crippen molar-refractivity contribution in [3.8, 4) is 0 Å². The molecule has 0 bridgehead atoms. The topological polar surface area (TPSA) is 57.3 Å². The van der Waals surface area contributed by atoms with Crippen LogP contribution >= 0.6 is 23.4 Å². The number of carbonyl (C=O) groups is 1. The lowest BCUT2D eigenvalue weighted by Crippen LogP contribution is -2.32. The predicted octanol–water partition coefficient (Wildman–Crippen LogP) is 5.73.